The molecule has 8 heteroatoms. The Balaban J connectivity index is 1.51. The molecule has 3 N–H and O–H groups in total. The van der Waals surface area contributed by atoms with E-state index < -0.39 is 11.6 Å². The number of aliphatic hydroxyl groups is 1. The topological polar surface area (TPSA) is 106 Å². The summed E-state index contributed by atoms with van der Waals surface area (Å²) in [5.41, 5.74) is 0.0471. The summed E-state index contributed by atoms with van der Waals surface area (Å²) >= 11 is 0. The standard InChI is InChI=1S/C26H36N4O4/c1-16(2)26(28-25(34)22-11-18-7-5-6-8-23(18)27-24(22)33)12-19-9-10-20(13-26)30(19)15-21(32)14-29(4)17(3)31/h5-8,11,16,19-21,32H,9-10,12-15H2,1-4H3,(H,27,33)(H,28,34)/t19?,20?,21-,26?/m0/s1. The van der Waals surface area contributed by atoms with Gasteiger partial charge in [-0.15, -0.1) is 0 Å². The summed E-state index contributed by atoms with van der Waals surface area (Å²) in [6.45, 7) is 6.56. The molecular formula is C26H36N4O4. The van der Waals surface area contributed by atoms with Crippen molar-refractivity contribution in [2.24, 2.45) is 5.92 Å². The molecule has 184 valence electrons. The molecular weight excluding hydrogens is 432 g/mol. The zero-order valence-corrected chi connectivity index (χ0v) is 20.5. The number of nitrogens with one attached hydrogen (secondary N) is 2. The molecule has 2 aliphatic rings. The first-order chi connectivity index (χ1) is 16.1. The maximum absolute atomic E-state index is 13.3. The highest BCUT2D eigenvalue weighted by molar-refractivity contribution is 5.97. The third-order valence-corrected chi connectivity index (χ3v) is 7.88. The van der Waals surface area contributed by atoms with Gasteiger partial charge in [-0.05, 0) is 49.1 Å². The molecule has 2 unspecified atom stereocenters. The minimum atomic E-state index is -0.616. The van der Waals surface area contributed by atoms with Gasteiger partial charge in [0.25, 0.3) is 11.5 Å². The number of hydrogen-bond donors (Lipinski definition) is 3. The van der Waals surface area contributed by atoms with Crippen molar-refractivity contribution in [3.8, 4) is 0 Å². The molecule has 3 atom stereocenters. The number of H-pyrrole nitrogens is 1. The number of likely N-dealkylation sites (N-methyl/N-ethyl adjacent to an activating group) is 1. The van der Waals surface area contributed by atoms with E-state index >= 15 is 0 Å². The third kappa shape index (κ3) is 4.74. The van der Waals surface area contributed by atoms with Crippen LogP contribution in [0.15, 0.2) is 35.1 Å². The van der Waals surface area contributed by atoms with Gasteiger partial charge >= 0.3 is 0 Å². The molecule has 4 rings (SSSR count). The first kappa shape index (κ1) is 24.4. The molecule has 8 nitrogen and oxygen atoms in total. The van der Waals surface area contributed by atoms with E-state index in [1.165, 1.54) is 11.8 Å². The highest BCUT2D eigenvalue weighted by atomic mass is 16.3. The Bertz CT molecular complexity index is 1110. The van der Waals surface area contributed by atoms with Gasteiger partial charge in [-0.2, -0.15) is 0 Å². The molecule has 0 aliphatic carbocycles. The van der Waals surface area contributed by atoms with Gasteiger partial charge in [0.1, 0.15) is 5.56 Å². The summed E-state index contributed by atoms with van der Waals surface area (Å²) in [5, 5.41) is 14.7. The molecule has 2 amide bonds. The number of nitrogens with zero attached hydrogens (tertiary/aromatic N) is 2. The van der Waals surface area contributed by atoms with Gasteiger partial charge in [-0.1, -0.05) is 32.0 Å². The van der Waals surface area contributed by atoms with Crippen LogP contribution >= 0.6 is 0 Å². The van der Waals surface area contributed by atoms with Gasteiger partial charge in [-0.25, -0.2) is 0 Å². The maximum atomic E-state index is 13.3. The third-order valence-electron chi connectivity index (χ3n) is 7.88. The minimum absolute atomic E-state index is 0.0640. The molecule has 34 heavy (non-hydrogen) atoms. The largest absolute Gasteiger partial charge is 0.390 e. The van der Waals surface area contributed by atoms with Crippen molar-refractivity contribution in [1.29, 1.82) is 0 Å². The minimum Gasteiger partial charge on any atom is -0.390 e. The van der Waals surface area contributed by atoms with Crippen molar-refractivity contribution < 1.29 is 14.7 Å². The van der Waals surface area contributed by atoms with Crippen LogP contribution in [0.4, 0.5) is 0 Å². The summed E-state index contributed by atoms with van der Waals surface area (Å²) in [6.07, 6.45) is 2.96. The van der Waals surface area contributed by atoms with Gasteiger partial charge < -0.3 is 20.3 Å². The number of benzene rings is 1. The smallest absolute Gasteiger partial charge is 0.261 e. The van der Waals surface area contributed by atoms with Gasteiger partial charge in [-0.3, -0.25) is 19.3 Å². The Morgan fingerprint density at radius 3 is 2.50 bits per heavy atom. The van der Waals surface area contributed by atoms with E-state index in [2.05, 4.69) is 29.0 Å². The number of rotatable bonds is 7. The van der Waals surface area contributed by atoms with Crippen LogP contribution in [0.1, 0.15) is 56.8 Å². The molecule has 2 fully saturated rings. The Morgan fingerprint density at radius 2 is 1.88 bits per heavy atom. The van der Waals surface area contributed by atoms with E-state index in [0.29, 0.717) is 18.6 Å². The number of aromatic amines is 1. The average molecular weight is 469 g/mol. The van der Waals surface area contributed by atoms with E-state index in [4.69, 9.17) is 0 Å². The molecule has 0 radical (unpaired) electrons. The molecule has 0 spiro atoms. The highest BCUT2D eigenvalue weighted by Crippen LogP contribution is 2.44. The lowest BCUT2D eigenvalue weighted by Gasteiger charge is -2.49. The zero-order chi connectivity index (χ0) is 24.6. The van der Waals surface area contributed by atoms with E-state index in [-0.39, 0.29) is 40.9 Å². The van der Waals surface area contributed by atoms with Crippen molar-refractivity contribution >= 4 is 22.7 Å². The van der Waals surface area contributed by atoms with Crippen molar-refractivity contribution in [2.75, 3.05) is 20.1 Å². The molecule has 1 aromatic carbocycles. The Labute approximate surface area is 200 Å². The number of aliphatic hydroxyl groups excluding tert-OH is 1. The fraction of sp³-hybridized carbons (Fsp3) is 0.577. The summed E-state index contributed by atoms with van der Waals surface area (Å²) in [5.74, 6) is -0.211. The van der Waals surface area contributed by atoms with Gasteiger partial charge in [0.15, 0.2) is 0 Å². The molecule has 2 aliphatic heterocycles. The molecule has 0 saturated carbocycles. The summed E-state index contributed by atoms with van der Waals surface area (Å²) < 4.78 is 0. The lowest BCUT2D eigenvalue weighted by Crippen LogP contribution is -2.62. The molecule has 2 saturated heterocycles. The molecule has 3 heterocycles. The fourth-order valence-corrected chi connectivity index (χ4v) is 5.75. The summed E-state index contributed by atoms with van der Waals surface area (Å²) in [4.78, 5) is 44.2. The first-order valence-electron chi connectivity index (χ1n) is 12.2. The van der Waals surface area contributed by atoms with E-state index in [0.717, 1.165) is 31.1 Å². The number of piperidine rings is 1. The van der Waals surface area contributed by atoms with Crippen molar-refractivity contribution in [1.82, 2.24) is 20.1 Å². The van der Waals surface area contributed by atoms with Crippen LogP contribution in [-0.4, -0.2) is 75.6 Å². The number of carbonyl (C=O) groups is 2. The van der Waals surface area contributed by atoms with Crippen LogP contribution in [0.2, 0.25) is 0 Å². The molecule has 2 bridgehead atoms. The van der Waals surface area contributed by atoms with Crippen LogP contribution in [0.25, 0.3) is 10.9 Å². The van der Waals surface area contributed by atoms with Crippen molar-refractivity contribution in [2.45, 2.75) is 70.2 Å². The lowest BCUT2D eigenvalue weighted by molar-refractivity contribution is -0.129. The fourth-order valence-electron chi connectivity index (χ4n) is 5.75. The van der Waals surface area contributed by atoms with Crippen LogP contribution in [0.3, 0.4) is 0 Å². The molecule has 1 aromatic heterocycles. The highest BCUT2D eigenvalue weighted by Gasteiger charge is 2.50. The van der Waals surface area contributed by atoms with Crippen molar-refractivity contribution in [3.63, 3.8) is 0 Å². The van der Waals surface area contributed by atoms with Crippen molar-refractivity contribution in [3.05, 3.63) is 46.2 Å². The van der Waals surface area contributed by atoms with Crippen LogP contribution in [0, 0.1) is 5.92 Å². The Morgan fingerprint density at radius 1 is 1.24 bits per heavy atom. The van der Waals surface area contributed by atoms with Crippen LogP contribution in [0.5, 0.6) is 0 Å². The van der Waals surface area contributed by atoms with E-state index in [1.54, 1.807) is 13.1 Å². The Kier molecular flexibility index (Phi) is 6.82. The normalized spacial score (nSPS) is 25.5. The quantitative estimate of drug-likeness (QED) is 0.577. The zero-order valence-electron chi connectivity index (χ0n) is 20.5. The predicted octanol–water partition coefficient (Wildman–Crippen LogP) is 2.12. The maximum Gasteiger partial charge on any atom is 0.261 e. The van der Waals surface area contributed by atoms with E-state index in [9.17, 15) is 19.5 Å². The first-order valence-corrected chi connectivity index (χ1v) is 12.2. The predicted molar refractivity (Wildman–Crippen MR) is 132 cm³/mol. The second-order valence-corrected chi connectivity index (χ2v) is 10.4. The number of para-hydroxylation sites is 1. The Hall–Kier alpha value is -2.71. The number of hydrogen-bond acceptors (Lipinski definition) is 5. The SMILES string of the molecule is CC(=O)N(C)C[C@H](O)CN1C2CCC1CC(NC(=O)c1cc3ccccc3[nH]c1=O)(C(C)C)C2. The second kappa shape index (κ2) is 9.50. The van der Waals surface area contributed by atoms with E-state index in [1.807, 2.05) is 24.3 Å². The molecule has 2 aromatic rings. The number of amides is 2. The van der Waals surface area contributed by atoms with Crippen LogP contribution < -0.4 is 10.9 Å². The van der Waals surface area contributed by atoms with Gasteiger partial charge in [0.05, 0.1) is 6.10 Å². The average Bonchev–Trinajstić information content (AvgIpc) is 3.01. The number of aromatic nitrogens is 1. The lowest BCUT2D eigenvalue weighted by atomic mass is 9.74. The van der Waals surface area contributed by atoms with Gasteiger partial charge in [0, 0.05) is 50.2 Å². The summed E-state index contributed by atoms with van der Waals surface area (Å²) in [7, 11) is 1.70. The number of carbonyl (C=O) groups excluding carboxylic acids is 2. The second-order valence-electron chi connectivity index (χ2n) is 10.4. The number of pyridine rings is 1. The number of fused-ring (bicyclic) bond motifs is 3. The monoisotopic (exact) mass is 468 g/mol. The van der Waals surface area contributed by atoms with Gasteiger partial charge in [0.2, 0.25) is 5.91 Å². The summed E-state index contributed by atoms with van der Waals surface area (Å²) in [6, 6.07) is 9.60. The van der Waals surface area contributed by atoms with Crippen LogP contribution in [-0.2, 0) is 4.79 Å².